The third-order valence-corrected chi connectivity index (χ3v) is 3.65. The Morgan fingerprint density at radius 2 is 1.94 bits per heavy atom. The lowest BCUT2D eigenvalue weighted by Crippen LogP contribution is -2.06. The Morgan fingerprint density at radius 1 is 1.17 bits per heavy atom. The zero-order valence-corrected chi connectivity index (χ0v) is 12.7. The molecule has 3 heteroatoms. The van der Waals surface area contributed by atoms with Crippen LogP contribution in [0.3, 0.4) is 0 Å². The van der Waals surface area contributed by atoms with Gasteiger partial charge in [0.15, 0.2) is 0 Å². The third-order valence-electron chi connectivity index (χ3n) is 2.85. The molecular formula is C15H15BrClN. The quantitative estimate of drug-likeness (QED) is 0.776. The van der Waals surface area contributed by atoms with Gasteiger partial charge in [0, 0.05) is 10.5 Å². The van der Waals surface area contributed by atoms with E-state index in [0.717, 1.165) is 15.2 Å². The molecule has 2 aromatic carbocycles. The highest BCUT2D eigenvalue weighted by Gasteiger charge is 2.07. The van der Waals surface area contributed by atoms with E-state index in [2.05, 4.69) is 46.4 Å². The molecule has 0 heterocycles. The van der Waals surface area contributed by atoms with E-state index in [0.29, 0.717) is 0 Å². The molecule has 2 aromatic rings. The van der Waals surface area contributed by atoms with Gasteiger partial charge in [0.2, 0.25) is 0 Å². The van der Waals surface area contributed by atoms with E-state index in [1.54, 1.807) is 0 Å². The summed E-state index contributed by atoms with van der Waals surface area (Å²) in [5, 5.41) is 4.19. The minimum Gasteiger partial charge on any atom is -0.377 e. The second kappa shape index (κ2) is 5.77. The maximum absolute atomic E-state index is 6.22. The van der Waals surface area contributed by atoms with Crippen LogP contribution < -0.4 is 5.32 Å². The molecule has 0 bridgehead atoms. The molecule has 1 unspecified atom stereocenters. The standard InChI is InChI=1S/C15H15BrClN/c1-10-6-7-15(14(17)8-10)18-11(2)12-4-3-5-13(16)9-12/h3-9,11,18H,1-2H3. The topological polar surface area (TPSA) is 12.0 Å². The van der Waals surface area contributed by atoms with E-state index >= 15 is 0 Å². The van der Waals surface area contributed by atoms with Crippen LogP contribution in [-0.4, -0.2) is 0 Å². The highest BCUT2D eigenvalue weighted by Crippen LogP contribution is 2.27. The van der Waals surface area contributed by atoms with Crippen molar-refractivity contribution in [3.05, 3.63) is 63.1 Å². The minimum absolute atomic E-state index is 0.211. The molecule has 18 heavy (non-hydrogen) atoms. The van der Waals surface area contributed by atoms with Crippen LogP contribution in [-0.2, 0) is 0 Å². The van der Waals surface area contributed by atoms with Crippen LogP contribution in [0.25, 0.3) is 0 Å². The Morgan fingerprint density at radius 3 is 2.61 bits per heavy atom. The van der Waals surface area contributed by atoms with Crippen molar-refractivity contribution in [1.82, 2.24) is 0 Å². The molecule has 0 amide bonds. The van der Waals surface area contributed by atoms with Crippen molar-refractivity contribution >= 4 is 33.2 Å². The summed E-state index contributed by atoms with van der Waals surface area (Å²) in [5.41, 5.74) is 3.36. The summed E-state index contributed by atoms with van der Waals surface area (Å²) in [4.78, 5) is 0. The van der Waals surface area contributed by atoms with Crippen LogP contribution in [0.15, 0.2) is 46.9 Å². The fraction of sp³-hybridized carbons (Fsp3) is 0.200. The van der Waals surface area contributed by atoms with Gasteiger partial charge < -0.3 is 5.32 Å². The van der Waals surface area contributed by atoms with Crippen molar-refractivity contribution in [3.8, 4) is 0 Å². The average molecular weight is 325 g/mol. The lowest BCUT2D eigenvalue weighted by Gasteiger charge is -2.17. The Labute approximate surface area is 121 Å². The number of hydrogen-bond donors (Lipinski definition) is 1. The first-order valence-electron chi connectivity index (χ1n) is 5.84. The Kier molecular flexibility index (Phi) is 4.31. The van der Waals surface area contributed by atoms with Gasteiger partial charge in [-0.1, -0.05) is 45.7 Å². The molecule has 0 saturated carbocycles. The van der Waals surface area contributed by atoms with Gasteiger partial charge in [-0.2, -0.15) is 0 Å². The normalized spacial score (nSPS) is 12.2. The monoisotopic (exact) mass is 323 g/mol. The minimum atomic E-state index is 0.211. The third kappa shape index (κ3) is 3.27. The van der Waals surface area contributed by atoms with Gasteiger partial charge in [-0.3, -0.25) is 0 Å². The summed E-state index contributed by atoms with van der Waals surface area (Å²) in [6, 6.07) is 14.5. The summed E-state index contributed by atoms with van der Waals surface area (Å²) in [5.74, 6) is 0. The molecule has 94 valence electrons. The smallest absolute Gasteiger partial charge is 0.0640 e. The number of hydrogen-bond acceptors (Lipinski definition) is 1. The first-order valence-corrected chi connectivity index (χ1v) is 7.01. The fourth-order valence-electron chi connectivity index (χ4n) is 1.83. The first-order chi connectivity index (χ1) is 8.56. The van der Waals surface area contributed by atoms with Gasteiger partial charge in [-0.25, -0.2) is 0 Å². The van der Waals surface area contributed by atoms with Gasteiger partial charge in [-0.05, 0) is 49.2 Å². The molecule has 0 saturated heterocycles. The average Bonchev–Trinajstić information content (AvgIpc) is 2.32. The molecule has 2 rings (SSSR count). The number of anilines is 1. The molecule has 0 spiro atoms. The molecule has 0 aliphatic rings. The first kappa shape index (κ1) is 13.4. The van der Waals surface area contributed by atoms with E-state index in [1.807, 2.05) is 31.2 Å². The van der Waals surface area contributed by atoms with Gasteiger partial charge >= 0.3 is 0 Å². The highest BCUT2D eigenvalue weighted by molar-refractivity contribution is 9.10. The van der Waals surface area contributed by atoms with Crippen LogP contribution in [0.4, 0.5) is 5.69 Å². The maximum Gasteiger partial charge on any atom is 0.0640 e. The lowest BCUT2D eigenvalue weighted by molar-refractivity contribution is 0.884. The van der Waals surface area contributed by atoms with Crippen LogP contribution in [0.5, 0.6) is 0 Å². The van der Waals surface area contributed by atoms with E-state index in [9.17, 15) is 0 Å². The van der Waals surface area contributed by atoms with Gasteiger partial charge in [0.05, 0.1) is 10.7 Å². The van der Waals surface area contributed by atoms with Crippen LogP contribution in [0.2, 0.25) is 5.02 Å². The maximum atomic E-state index is 6.22. The Balaban J connectivity index is 2.18. The van der Waals surface area contributed by atoms with E-state index < -0.39 is 0 Å². The molecule has 0 fully saturated rings. The number of rotatable bonds is 3. The van der Waals surface area contributed by atoms with Gasteiger partial charge in [0.25, 0.3) is 0 Å². The summed E-state index contributed by atoms with van der Waals surface area (Å²) in [6.45, 7) is 4.16. The molecule has 1 N–H and O–H groups in total. The second-order valence-corrected chi connectivity index (χ2v) is 5.73. The number of nitrogens with one attached hydrogen (secondary N) is 1. The summed E-state index contributed by atoms with van der Waals surface area (Å²) in [7, 11) is 0. The molecule has 0 radical (unpaired) electrons. The molecule has 0 aliphatic carbocycles. The van der Waals surface area contributed by atoms with Crippen LogP contribution in [0, 0.1) is 6.92 Å². The van der Waals surface area contributed by atoms with Crippen molar-refractivity contribution in [3.63, 3.8) is 0 Å². The van der Waals surface area contributed by atoms with Gasteiger partial charge in [-0.15, -0.1) is 0 Å². The van der Waals surface area contributed by atoms with Crippen molar-refractivity contribution in [2.24, 2.45) is 0 Å². The highest BCUT2D eigenvalue weighted by atomic mass is 79.9. The van der Waals surface area contributed by atoms with Crippen molar-refractivity contribution < 1.29 is 0 Å². The van der Waals surface area contributed by atoms with Crippen molar-refractivity contribution in [2.45, 2.75) is 19.9 Å². The van der Waals surface area contributed by atoms with E-state index in [4.69, 9.17) is 11.6 Å². The zero-order valence-electron chi connectivity index (χ0n) is 10.4. The molecule has 1 nitrogen and oxygen atoms in total. The lowest BCUT2D eigenvalue weighted by atomic mass is 10.1. The Hall–Kier alpha value is -0.990. The predicted octanol–water partition coefficient (Wildman–Crippen LogP) is 5.58. The second-order valence-electron chi connectivity index (χ2n) is 4.40. The SMILES string of the molecule is Cc1ccc(NC(C)c2cccc(Br)c2)c(Cl)c1. The zero-order chi connectivity index (χ0) is 13.1. The summed E-state index contributed by atoms with van der Waals surface area (Å²) >= 11 is 9.71. The molecule has 0 aromatic heterocycles. The number of aryl methyl sites for hydroxylation is 1. The van der Waals surface area contributed by atoms with Crippen molar-refractivity contribution in [1.29, 1.82) is 0 Å². The predicted molar refractivity (Wildman–Crippen MR) is 82.4 cm³/mol. The largest absolute Gasteiger partial charge is 0.377 e. The summed E-state index contributed by atoms with van der Waals surface area (Å²) < 4.78 is 1.09. The number of halogens is 2. The number of benzene rings is 2. The Bertz CT molecular complexity index is 554. The van der Waals surface area contributed by atoms with E-state index in [1.165, 1.54) is 11.1 Å². The summed E-state index contributed by atoms with van der Waals surface area (Å²) in [6.07, 6.45) is 0. The van der Waals surface area contributed by atoms with E-state index in [-0.39, 0.29) is 6.04 Å². The fourth-order valence-corrected chi connectivity index (χ4v) is 2.54. The van der Waals surface area contributed by atoms with Crippen LogP contribution in [0.1, 0.15) is 24.1 Å². The molecular weight excluding hydrogens is 310 g/mol. The van der Waals surface area contributed by atoms with Crippen LogP contribution >= 0.6 is 27.5 Å². The van der Waals surface area contributed by atoms with Crippen molar-refractivity contribution in [2.75, 3.05) is 5.32 Å². The molecule has 1 atom stereocenters. The van der Waals surface area contributed by atoms with Gasteiger partial charge in [0.1, 0.15) is 0 Å². The molecule has 0 aliphatic heterocycles.